The Hall–Kier alpha value is -1.81. The highest BCUT2D eigenvalue weighted by Gasteiger charge is 2.27. The van der Waals surface area contributed by atoms with Crippen molar-refractivity contribution in [1.82, 2.24) is 4.90 Å². The second kappa shape index (κ2) is 5.90. The predicted molar refractivity (Wildman–Crippen MR) is 83.3 cm³/mol. The summed E-state index contributed by atoms with van der Waals surface area (Å²) in [6, 6.07) is 7.78. The molecule has 2 heterocycles. The number of benzene rings is 1. The van der Waals surface area contributed by atoms with Gasteiger partial charge in [-0.3, -0.25) is 4.79 Å². The molecule has 2 aromatic rings. The Labute approximate surface area is 124 Å². The summed E-state index contributed by atoms with van der Waals surface area (Å²) in [6.07, 6.45) is 2.73. The van der Waals surface area contributed by atoms with Crippen molar-refractivity contribution >= 4 is 16.9 Å². The Balaban J connectivity index is 1.91. The molecule has 4 heteroatoms. The number of hydrogen-bond acceptors (Lipinski definition) is 3. The van der Waals surface area contributed by atoms with Crippen LogP contribution in [0.4, 0.5) is 0 Å². The smallest absolute Gasteiger partial charge is 0.258 e. The van der Waals surface area contributed by atoms with Gasteiger partial charge < -0.3 is 15.1 Å². The van der Waals surface area contributed by atoms with E-state index in [2.05, 4.69) is 0 Å². The number of nitrogens with two attached hydrogens (primary N) is 1. The van der Waals surface area contributed by atoms with Crippen molar-refractivity contribution in [3.05, 3.63) is 35.6 Å². The van der Waals surface area contributed by atoms with Crippen molar-refractivity contribution in [2.75, 3.05) is 19.6 Å². The molecular formula is C17H22N2O2. The third-order valence-electron chi connectivity index (χ3n) is 4.44. The van der Waals surface area contributed by atoms with Gasteiger partial charge in [0.1, 0.15) is 11.3 Å². The molecule has 0 atom stereocenters. The van der Waals surface area contributed by atoms with Crippen LogP contribution in [0.5, 0.6) is 0 Å². The normalized spacial score (nSPS) is 16.6. The van der Waals surface area contributed by atoms with Crippen molar-refractivity contribution < 1.29 is 9.21 Å². The molecule has 0 unspecified atom stereocenters. The summed E-state index contributed by atoms with van der Waals surface area (Å²) in [5.41, 5.74) is 7.27. The summed E-state index contributed by atoms with van der Waals surface area (Å²) in [6.45, 7) is 4.33. The summed E-state index contributed by atoms with van der Waals surface area (Å²) >= 11 is 0. The van der Waals surface area contributed by atoms with Crippen LogP contribution < -0.4 is 5.73 Å². The van der Waals surface area contributed by atoms with Gasteiger partial charge in [-0.25, -0.2) is 0 Å². The van der Waals surface area contributed by atoms with Gasteiger partial charge in [-0.05, 0) is 31.4 Å². The summed E-state index contributed by atoms with van der Waals surface area (Å²) in [4.78, 5) is 14.8. The summed E-state index contributed by atoms with van der Waals surface area (Å²) in [7, 11) is 0. The Morgan fingerprint density at radius 1 is 1.33 bits per heavy atom. The highest BCUT2D eigenvalue weighted by Crippen LogP contribution is 2.28. The Kier molecular flexibility index (Phi) is 3.97. The summed E-state index contributed by atoms with van der Waals surface area (Å²) in [5.74, 6) is 1.45. The number of nitrogens with zero attached hydrogens (tertiary/aromatic N) is 1. The quantitative estimate of drug-likeness (QED) is 0.944. The molecule has 0 saturated carbocycles. The van der Waals surface area contributed by atoms with Gasteiger partial charge in [0, 0.05) is 24.9 Å². The molecular weight excluding hydrogens is 264 g/mol. The number of fused-ring (bicyclic) bond motifs is 1. The van der Waals surface area contributed by atoms with E-state index in [0.717, 1.165) is 61.2 Å². The molecule has 1 aliphatic rings. The molecule has 3 rings (SSSR count). The number of para-hydroxylation sites is 1. The van der Waals surface area contributed by atoms with Gasteiger partial charge in [0.15, 0.2) is 0 Å². The lowest BCUT2D eigenvalue weighted by atomic mass is 9.96. The molecule has 0 radical (unpaired) electrons. The van der Waals surface area contributed by atoms with Gasteiger partial charge in [-0.1, -0.05) is 25.1 Å². The third kappa shape index (κ3) is 2.56. The maximum absolute atomic E-state index is 12.9. The molecule has 1 saturated heterocycles. The maximum Gasteiger partial charge on any atom is 0.258 e. The fourth-order valence-corrected chi connectivity index (χ4v) is 3.11. The summed E-state index contributed by atoms with van der Waals surface area (Å²) < 4.78 is 5.84. The minimum atomic E-state index is 0.104. The number of likely N-dealkylation sites (tertiary alicyclic amines) is 1. The van der Waals surface area contributed by atoms with E-state index < -0.39 is 0 Å². The number of carbonyl (C=O) groups excluding carboxylic acids is 1. The first-order valence-electron chi connectivity index (χ1n) is 7.74. The van der Waals surface area contributed by atoms with Gasteiger partial charge in [0.25, 0.3) is 5.91 Å². The van der Waals surface area contributed by atoms with E-state index in [4.69, 9.17) is 10.2 Å². The number of hydrogen-bond donors (Lipinski definition) is 1. The van der Waals surface area contributed by atoms with Crippen LogP contribution in [-0.4, -0.2) is 30.4 Å². The van der Waals surface area contributed by atoms with Crippen LogP contribution in [0, 0.1) is 5.92 Å². The number of rotatable bonds is 3. The van der Waals surface area contributed by atoms with Gasteiger partial charge in [0.2, 0.25) is 0 Å². The van der Waals surface area contributed by atoms with E-state index in [0.29, 0.717) is 5.92 Å². The molecule has 1 aromatic carbocycles. The number of piperidine rings is 1. The van der Waals surface area contributed by atoms with E-state index >= 15 is 0 Å². The zero-order chi connectivity index (χ0) is 14.8. The zero-order valence-electron chi connectivity index (χ0n) is 12.5. The second-order valence-corrected chi connectivity index (χ2v) is 5.72. The van der Waals surface area contributed by atoms with Crippen LogP contribution in [0.25, 0.3) is 11.0 Å². The molecule has 0 spiro atoms. The standard InChI is InChI=1S/C17H22N2O2/c1-2-14-16(13-5-3-4-6-15(13)21-14)17(20)19-9-7-12(11-18)8-10-19/h3-6,12H,2,7-11,18H2,1H3. The first kappa shape index (κ1) is 14.1. The lowest BCUT2D eigenvalue weighted by Crippen LogP contribution is -2.40. The van der Waals surface area contributed by atoms with Crippen molar-refractivity contribution in [2.24, 2.45) is 11.7 Å². The monoisotopic (exact) mass is 286 g/mol. The number of aryl methyl sites for hydroxylation is 1. The largest absolute Gasteiger partial charge is 0.460 e. The van der Waals surface area contributed by atoms with E-state index in [-0.39, 0.29) is 5.91 Å². The van der Waals surface area contributed by atoms with Gasteiger partial charge in [-0.2, -0.15) is 0 Å². The lowest BCUT2D eigenvalue weighted by molar-refractivity contribution is 0.0693. The molecule has 1 aromatic heterocycles. The fraction of sp³-hybridized carbons (Fsp3) is 0.471. The molecule has 1 fully saturated rings. The Bertz CT molecular complexity index is 639. The maximum atomic E-state index is 12.9. The highest BCUT2D eigenvalue weighted by atomic mass is 16.3. The number of carbonyl (C=O) groups is 1. The molecule has 0 bridgehead atoms. The van der Waals surface area contributed by atoms with Gasteiger partial charge in [0.05, 0.1) is 5.56 Å². The van der Waals surface area contributed by atoms with E-state index in [1.54, 1.807) is 0 Å². The highest BCUT2D eigenvalue weighted by molar-refractivity contribution is 6.07. The average Bonchev–Trinajstić information content (AvgIpc) is 2.92. The van der Waals surface area contributed by atoms with Crippen LogP contribution in [0.2, 0.25) is 0 Å². The van der Waals surface area contributed by atoms with Crippen LogP contribution in [0.1, 0.15) is 35.9 Å². The van der Waals surface area contributed by atoms with E-state index in [1.165, 1.54) is 0 Å². The fourth-order valence-electron chi connectivity index (χ4n) is 3.11. The van der Waals surface area contributed by atoms with Crippen LogP contribution in [-0.2, 0) is 6.42 Å². The molecule has 21 heavy (non-hydrogen) atoms. The first-order chi connectivity index (χ1) is 10.2. The van der Waals surface area contributed by atoms with Gasteiger partial charge in [-0.15, -0.1) is 0 Å². The van der Waals surface area contributed by atoms with Crippen LogP contribution >= 0.6 is 0 Å². The lowest BCUT2D eigenvalue weighted by Gasteiger charge is -2.31. The van der Waals surface area contributed by atoms with Crippen molar-refractivity contribution in [2.45, 2.75) is 26.2 Å². The van der Waals surface area contributed by atoms with Crippen molar-refractivity contribution in [1.29, 1.82) is 0 Å². The molecule has 112 valence electrons. The molecule has 4 nitrogen and oxygen atoms in total. The third-order valence-corrected chi connectivity index (χ3v) is 4.44. The molecule has 1 amide bonds. The minimum Gasteiger partial charge on any atom is -0.460 e. The van der Waals surface area contributed by atoms with Crippen LogP contribution in [0.15, 0.2) is 28.7 Å². The van der Waals surface area contributed by atoms with Gasteiger partial charge >= 0.3 is 0 Å². The zero-order valence-corrected chi connectivity index (χ0v) is 12.5. The molecule has 0 aliphatic carbocycles. The predicted octanol–water partition coefficient (Wildman–Crippen LogP) is 2.81. The van der Waals surface area contributed by atoms with E-state index in [9.17, 15) is 4.79 Å². The second-order valence-electron chi connectivity index (χ2n) is 5.72. The summed E-state index contributed by atoms with van der Waals surface area (Å²) in [5, 5.41) is 0.931. The van der Waals surface area contributed by atoms with Crippen molar-refractivity contribution in [3.8, 4) is 0 Å². The first-order valence-corrected chi connectivity index (χ1v) is 7.74. The van der Waals surface area contributed by atoms with Crippen molar-refractivity contribution in [3.63, 3.8) is 0 Å². The topological polar surface area (TPSA) is 59.5 Å². The SMILES string of the molecule is CCc1oc2ccccc2c1C(=O)N1CCC(CN)CC1. The van der Waals surface area contributed by atoms with Crippen LogP contribution in [0.3, 0.4) is 0 Å². The Morgan fingerprint density at radius 2 is 2.05 bits per heavy atom. The molecule has 1 aliphatic heterocycles. The number of amides is 1. The minimum absolute atomic E-state index is 0.104. The van der Waals surface area contributed by atoms with E-state index in [1.807, 2.05) is 36.1 Å². The average molecular weight is 286 g/mol. The Morgan fingerprint density at radius 3 is 2.71 bits per heavy atom. The number of furan rings is 1. The molecule has 2 N–H and O–H groups in total.